The maximum Gasteiger partial charge on any atom is 0.359 e. The molecule has 1 rings (SSSR count). The van der Waals surface area contributed by atoms with E-state index >= 15 is 0 Å². The number of hydrogen-bond donors (Lipinski definition) is 1. The summed E-state index contributed by atoms with van der Waals surface area (Å²) in [6.45, 7) is 0. The Labute approximate surface area is 74.4 Å². The van der Waals surface area contributed by atoms with Crippen molar-refractivity contribution in [1.29, 1.82) is 0 Å². The van der Waals surface area contributed by atoms with Crippen molar-refractivity contribution in [3.05, 3.63) is 40.8 Å². The van der Waals surface area contributed by atoms with Crippen molar-refractivity contribution in [3.8, 4) is 0 Å². The first kappa shape index (κ1) is 9.34. The second-order valence-electron chi connectivity index (χ2n) is 2.37. The zero-order valence-corrected chi connectivity index (χ0v) is 6.71. The van der Waals surface area contributed by atoms with Crippen LogP contribution in [0.5, 0.6) is 0 Å². The van der Waals surface area contributed by atoms with Crippen molar-refractivity contribution >= 4 is 5.97 Å². The van der Waals surface area contributed by atoms with Crippen molar-refractivity contribution in [2.45, 2.75) is 6.04 Å². The van der Waals surface area contributed by atoms with E-state index in [1.54, 1.807) is 30.3 Å². The van der Waals surface area contributed by atoms with E-state index in [4.69, 9.17) is 5.73 Å². The molecule has 2 N–H and O–H groups in total. The van der Waals surface area contributed by atoms with Crippen LogP contribution in [0, 0.1) is 4.91 Å². The van der Waals surface area contributed by atoms with Gasteiger partial charge in [-0.3, -0.25) is 4.84 Å². The number of nitrogens with two attached hydrogens (primary N) is 1. The molecule has 0 aromatic heterocycles. The monoisotopic (exact) mass is 180 g/mol. The molecule has 68 valence electrons. The molecule has 0 heterocycles. The highest BCUT2D eigenvalue weighted by Gasteiger charge is 2.17. The summed E-state index contributed by atoms with van der Waals surface area (Å²) in [6, 6.07) is 7.62. The third kappa shape index (κ3) is 2.34. The van der Waals surface area contributed by atoms with Crippen LogP contribution >= 0.6 is 0 Å². The van der Waals surface area contributed by atoms with Gasteiger partial charge in [-0.05, 0) is 5.56 Å². The van der Waals surface area contributed by atoms with Gasteiger partial charge in [0.05, 0.1) is 0 Å². The predicted molar refractivity (Wildman–Crippen MR) is 45.3 cm³/mol. The molecule has 13 heavy (non-hydrogen) atoms. The Morgan fingerprint density at radius 1 is 1.38 bits per heavy atom. The molecule has 0 bridgehead atoms. The van der Waals surface area contributed by atoms with E-state index in [1.807, 2.05) is 5.34 Å². The van der Waals surface area contributed by atoms with Gasteiger partial charge in [0.15, 0.2) is 5.34 Å². The smallest absolute Gasteiger partial charge is 0.315 e. The lowest BCUT2D eigenvalue weighted by Crippen LogP contribution is -2.21. The molecule has 0 saturated carbocycles. The van der Waals surface area contributed by atoms with Crippen molar-refractivity contribution in [1.82, 2.24) is 0 Å². The van der Waals surface area contributed by atoms with Gasteiger partial charge >= 0.3 is 5.97 Å². The van der Waals surface area contributed by atoms with Crippen LogP contribution in [0.15, 0.2) is 35.7 Å². The molecule has 0 fully saturated rings. The van der Waals surface area contributed by atoms with Gasteiger partial charge in [0.1, 0.15) is 6.04 Å². The fourth-order valence-electron chi connectivity index (χ4n) is 0.890. The topological polar surface area (TPSA) is 81.8 Å². The maximum absolute atomic E-state index is 10.9. The minimum Gasteiger partial charge on any atom is -0.315 e. The molecule has 1 aromatic rings. The second-order valence-corrected chi connectivity index (χ2v) is 2.37. The molecule has 0 aliphatic carbocycles. The van der Waals surface area contributed by atoms with Gasteiger partial charge in [-0.1, -0.05) is 30.3 Å². The van der Waals surface area contributed by atoms with Gasteiger partial charge in [-0.15, -0.1) is 4.91 Å². The highest BCUT2D eigenvalue weighted by atomic mass is 16.7. The van der Waals surface area contributed by atoms with Gasteiger partial charge < -0.3 is 5.73 Å². The summed E-state index contributed by atoms with van der Waals surface area (Å²) in [5, 5.41) is 2.00. The first-order valence-electron chi connectivity index (χ1n) is 3.59. The molecule has 1 aromatic carbocycles. The zero-order chi connectivity index (χ0) is 9.68. The van der Waals surface area contributed by atoms with Gasteiger partial charge in [-0.2, -0.15) is 0 Å². The van der Waals surface area contributed by atoms with Crippen LogP contribution in [0.4, 0.5) is 0 Å². The van der Waals surface area contributed by atoms with Crippen LogP contribution in [0.25, 0.3) is 0 Å². The fraction of sp³-hybridized carbons (Fsp3) is 0.125. The molecule has 0 saturated heterocycles. The molecule has 0 radical (unpaired) electrons. The molecule has 5 nitrogen and oxygen atoms in total. The molecule has 5 heteroatoms. The number of benzene rings is 1. The van der Waals surface area contributed by atoms with Crippen LogP contribution in [-0.2, 0) is 9.63 Å². The third-order valence-corrected chi connectivity index (χ3v) is 1.54. The zero-order valence-electron chi connectivity index (χ0n) is 6.71. The lowest BCUT2D eigenvalue weighted by Gasteiger charge is -2.06. The normalized spacial score (nSPS) is 11.8. The molecule has 0 spiro atoms. The number of hydrogen-bond acceptors (Lipinski definition) is 5. The van der Waals surface area contributed by atoms with Crippen molar-refractivity contribution in [2.75, 3.05) is 0 Å². The lowest BCUT2D eigenvalue weighted by atomic mass is 10.1. The van der Waals surface area contributed by atoms with E-state index < -0.39 is 12.0 Å². The number of rotatable bonds is 3. The Hall–Kier alpha value is -1.75. The van der Waals surface area contributed by atoms with Crippen molar-refractivity contribution in [3.63, 3.8) is 0 Å². The summed E-state index contributed by atoms with van der Waals surface area (Å²) in [5.74, 6) is -0.860. The molecular formula is C8H8N2O3. The largest absolute Gasteiger partial charge is 0.359 e. The van der Waals surface area contributed by atoms with Crippen LogP contribution in [-0.4, -0.2) is 5.97 Å². The summed E-state index contributed by atoms with van der Waals surface area (Å²) in [7, 11) is 0. The molecule has 1 atom stereocenters. The highest BCUT2D eigenvalue weighted by Crippen LogP contribution is 2.10. The van der Waals surface area contributed by atoms with Crippen molar-refractivity contribution < 1.29 is 9.63 Å². The predicted octanol–water partition coefficient (Wildman–Crippen LogP) is 0.911. The summed E-state index contributed by atoms with van der Waals surface area (Å²) in [6.07, 6.45) is 0. The Bertz CT molecular complexity index is 300. The average Bonchev–Trinajstić information content (AvgIpc) is 2.18. The van der Waals surface area contributed by atoms with Crippen LogP contribution in [0.2, 0.25) is 0 Å². The number of carbonyl (C=O) groups excluding carboxylic acids is 1. The Morgan fingerprint density at radius 2 is 2.00 bits per heavy atom. The Morgan fingerprint density at radius 3 is 2.54 bits per heavy atom. The molecule has 0 aliphatic heterocycles. The second kappa shape index (κ2) is 4.32. The summed E-state index contributed by atoms with van der Waals surface area (Å²) in [4.78, 5) is 24.4. The van der Waals surface area contributed by atoms with Crippen LogP contribution in [0.3, 0.4) is 0 Å². The first-order valence-corrected chi connectivity index (χ1v) is 3.59. The fourth-order valence-corrected chi connectivity index (χ4v) is 0.890. The lowest BCUT2D eigenvalue weighted by molar-refractivity contribution is -0.145. The van der Waals surface area contributed by atoms with Gasteiger partial charge in [-0.25, -0.2) is 4.79 Å². The van der Waals surface area contributed by atoms with E-state index in [1.165, 1.54) is 0 Å². The van der Waals surface area contributed by atoms with Gasteiger partial charge in [0.2, 0.25) is 0 Å². The van der Waals surface area contributed by atoms with E-state index in [9.17, 15) is 9.70 Å². The molecule has 0 unspecified atom stereocenters. The Kier molecular flexibility index (Phi) is 3.10. The SMILES string of the molecule is N[C@@H](C(=O)ON=O)c1ccccc1. The van der Waals surface area contributed by atoms with Crippen molar-refractivity contribution in [2.24, 2.45) is 11.1 Å². The van der Waals surface area contributed by atoms with E-state index in [-0.39, 0.29) is 0 Å². The quantitative estimate of drug-likeness (QED) is 0.553. The standard InChI is InChI=1S/C8H8N2O3/c9-7(8(11)13-10-12)6-4-2-1-3-5-6/h1-5,7H,9H2/t7-/m1/s1. The number of nitrogens with zero attached hydrogens (tertiary/aromatic N) is 1. The van der Waals surface area contributed by atoms with E-state index in [2.05, 4.69) is 4.84 Å². The maximum atomic E-state index is 10.9. The van der Waals surface area contributed by atoms with Crippen LogP contribution < -0.4 is 5.73 Å². The molecular weight excluding hydrogens is 172 g/mol. The minimum absolute atomic E-state index is 0.580. The molecule has 0 amide bonds. The molecule has 0 aliphatic rings. The minimum atomic E-state index is -0.959. The van der Waals surface area contributed by atoms with Gasteiger partial charge in [0, 0.05) is 0 Å². The summed E-state index contributed by atoms with van der Waals surface area (Å²) >= 11 is 0. The van der Waals surface area contributed by atoms with E-state index in [0.717, 1.165) is 0 Å². The highest BCUT2D eigenvalue weighted by molar-refractivity contribution is 5.77. The van der Waals surface area contributed by atoms with Gasteiger partial charge in [0.25, 0.3) is 0 Å². The number of carbonyl (C=O) groups is 1. The summed E-state index contributed by atoms with van der Waals surface area (Å²) in [5.41, 5.74) is 6.03. The first-order chi connectivity index (χ1) is 6.25. The Balaban J connectivity index is 2.73. The van der Waals surface area contributed by atoms with Crippen LogP contribution in [0.1, 0.15) is 11.6 Å². The van der Waals surface area contributed by atoms with E-state index in [0.29, 0.717) is 5.56 Å². The summed E-state index contributed by atoms with van der Waals surface area (Å²) < 4.78 is 0. The average molecular weight is 180 g/mol. The third-order valence-electron chi connectivity index (χ3n) is 1.54.